The van der Waals surface area contributed by atoms with Gasteiger partial charge in [0.15, 0.2) is 11.0 Å². The number of halogens is 1. The van der Waals surface area contributed by atoms with Crippen molar-refractivity contribution in [2.45, 2.75) is 11.7 Å². The molecular weight excluding hydrogens is 282 g/mol. The molecule has 1 aliphatic rings. The Balaban J connectivity index is 2.39. The summed E-state index contributed by atoms with van der Waals surface area (Å²) < 4.78 is 22.5. The monoisotopic (exact) mass is 291 g/mol. The number of nitrogens with zero attached hydrogens (tertiary/aromatic N) is 3. The van der Waals surface area contributed by atoms with E-state index in [0.29, 0.717) is 0 Å². The lowest BCUT2D eigenvalue weighted by atomic mass is 10.4. The third kappa shape index (κ3) is 2.24. The Morgan fingerprint density at radius 3 is 2.61 bits per heavy atom. The number of aromatic nitrogens is 2. The smallest absolute Gasteiger partial charge is 0.228 e. The quantitative estimate of drug-likeness (QED) is 0.679. The molecule has 0 radical (unpaired) electrons. The lowest BCUT2D eigenvalue weighted by Crippen LogP contribution is -2.32. The number of nitrogen functional groups attached to an aromatic ring is 1. The number of hydrogen-bond donors (Lipinski definition) is 2. The topological polar surface area (TPSA) is 132 Å². The number of anilines is 2. The molecule has 1 fully saturated rings. The van der Waals surface area contributed by atoms with E-state index in [1.807, 2.05) is 0 Å². The molecule has 0 aromatic carbocycles. The third-order valence-electron chi connectivity index (χ3n) is 2.63. The van der Waals surface area contributed by atoms with Crippen LogP contribution in [0.4, 0.5) is 11.5 Å². The summed E-state index contributed by atoms with van der Waals surface area (Å²) in [6.07, 6.45) is 0.947. The van der Waals surface area contributed by atoms with Crippen LogP contribution in [0.3, 0.4) is 0 Å². The minimum atomic E-state index is -3.79. The molecule has 10 heteroatoms. The minimum Gasteiger partial charge on any atom is -0.382 e. The van der Waals surface area contributed by atoms with Gasteiger partial charge in [-0.1, -0.05) is 11.6 Å². The van der Waals surface area contributed by atoms with Crippen LogP contribution in [0, 0.1) is 0 Å². The molecule has 1 atom stereocenters. The average molecular weight is 292 g/mol. The van der Waals surface area contributed by atoms with Crippen molar-refractivity contribution in [1.29, 1.82) is 0 Å². The van der Waals surface area contributed by atoms with Gasteiger partial charge in [0.2, 0.25) is 15.9 Å². The zero-order valence-corrected chi connectivity index (χ0v) is 10.6. The van der Waals surface area contributed by atoms with Crippen LogP contribution in [0.25, 0.3) is 0 Å². The highest BCUT2D eigenvalue weighted by atomic mass is 35.5. The summed E-state index contributed by atoms with van der Waals surface area (Å²) in [6.45, 7) is -0.102. The number of rotatable bonds is 2. The average Bonchev–Trinajstić information content (AvgIpc) is 2.60. The van der Waals surface area contributed by atoms with Crippen molar-refractivity contribution in [3.63, 3.8) is 0 Å². The molecule has 0 bridgehead atoms. The Hall–Kier alpha value is -1.45. The maximum atomic E-state index is 11.8. The molecule has 2 rings (SSSR count). The highest BCUT2D eigenvalue weighted by molar-refractivity contribution is 7.89. The van der Waals surface area contributed by atoms with Crippen LogP contribution in [0.15, 0.2) is 6.33 Å². The molecule has 2 heterocycles. The van der Waals surface area contributed by atoms with Crippen LogP contribution in [0.5, 0.6) is 0 Å². The van der Waals surface area contributed by atoms with E-state index in [9.17, 15) is 13.2 Å². The van der Waals surface area contributed by atoms with E-state index in [2.05, 4.69) is 9.97 Å². The van der Waals surface area contributed by atoms with Gasteiger partial charge in [-0.15, -0.1) is 0 Å². The molecule has 4 N–H and O–H groups in total. The molecule has 0 spiro atoms. The SMILES string of the molecule is Nc1ncnc(Cl)c1N1CC(S(N)(=O)=O)CC1=O. The van der Waals surface area contributed by atoms with Gasteiger partial charge in [0.25, 0.3) is 0 Å². The first-order chi connectivity index (χ1) is 8.30. The van der Waals surface area contributed by atoms with E-state index in [-0.39, 0.29) is 29.6 Å². The van der Waals surface area contributed by atoms with Gasteiger partial charge in [0.05, 0.1) is 0 Å². The van der Waals surface area contributed by atoms with E-state index < -0.39 is 21.2 Å². The van der Waals surface area contributed by atoms with Crippen molar-refractivity contribution in [2.24, 2.45) is 5.14 Å². The molecule has 0 aliphatic carbocycles. The van der Waals surface area contributed by atoms with Gasteiger partial charge < -0.3 is 10.6 Å². The van der Waals surface area contributed by atoms with E-state index in [4.69, 9.17) is 22.5 Å². The zero-order chi connectivity index (χ0) is 13.5. The Kier molecular flexibility index (Phi) is 3.13. The number of primary sulfonamides is 1. The molecule has 1 amide bonds. The molecule has 1 aromatic heterocycles. The number of carbonyl (C=O) groups is 1. The fourth-order valence-corrected chi connectivity index (χ4v) is 2.70. The summed E-state index contributed by atoms with van der Waals surface area (Å²) >= 11 is 5.83. The van der Waals surface area contributed by atoms with Crippen LogP contribution in [-0.2, 0) is 14.8 Å². The summed E-state index contributed by atoms with van der Waals surface area (Å²) in [4.78, 5) is 20.3. The van der Waals surface area contributed by atoms with E-state index in [0.717, 1.165) is 11.2 Å². The van der Waals surface area contributed by atoms with Gasteiger partial charge in [0, 0.05) is 13.0 Å². The van der Waals surface area contributed by atoms with Crippen molar-refractivity contribution in [3.05, 3.63) is 11.5 Å². The number of nitrogens with two attached hydrogens (primary N) is 2. The highest BCUT2D eigenvalue weighted by Gasteiger charge is 2.39. The predicted octanol–water partition coefficient (Wildman–Crippen LogP) is -0.894. The number of hydrogen-bond acceptors (Lipinski definition) is 6. The first-order valence-electron chi connectivity index (χ1n) is 4.88. The number of amides is 1. The van der Waals surface area contributed by atoms with Crippen LogP contribution < -0.4 is 15.8 Å². The van der Waals surface area contributed by atoms with Crippen molar-refractivity contribution < 1.29 is 13.2 Å². The summed E-state index contributed by atoms with van der Waals surface area (Å²) in [6, 6.07) is 0. The maximum Gasteiger partial charge on any atom is 0.228 e. The molecular formula is C8H10ClN5O3S. The lowest BCUT2D eigenvalue weighted by Gasteiger charge is -2.18. The van der Waals surface area contributed by atoms with Crippen LogP contribution >= 0.6 is 11.6 Å². The molecule has 98 valence electrons. The molecule has 0 saturated carbocycles. The van der Waals surface area contributed by atoms with E-state index >= 15 is 0 Å². The Labute approximate surface area is 108 Å². The first-order valence-corrected chi connectivity index (χ1v) is 6.87. The van der Waals surface area contributed by atoms with Gasteiger partial charge in [-0.2, -0.15) is 0 Å². The second-order valence-corrected chi connectivity index (χ2v) is 6.02. The molecule has 1 unspecified atom stereocenters. The standard InChI is InChI=1S/C8H10ClN5O3S/c9-7-6(8(10)13-3-12-7)14-2-4(1-5(14)15)18(11,16)17/h3-4H,1-2H2,(H2,10,12,13)(H2,11,16,17). The van der Waals surface area contributed by atoms with Crippen molar-refractivity contribution in [1.82, 2.24) is 9.97 Å². The van der Waals surface area contributed by atoms with Crippen molar-refractivity contribution in [2.75, 3.05) is 17.2 Å². The van der Waals surface area contributed by atoms with E-state index in [1.54, 1.807) is 0 Å². The minimum absolute atomic E-state index is 0.00841. The van der Waals surface area contributed by atoms with Gasteiger partial charge in [-0.05, 0) is 0 Å². The van der Waals surface area contributed by atoms with Crippen LogP contribution in [0.1, 0.15) is 6.42 Å². The molecule has 1 aliphatic heterocycles. The third-order valence-corrected chi connectivity index (χ3v) is 4.15. The van der Waals surface area contributed by atoms with Gasteiger partial charge in [0.1, 0.15) is 17.3 Å². The van der Waals surface area contributed by atoms with Crippen molar-refractivity contribution in [3.8, 4) is 0 Å². The summed E-state index contributed by atoms with van der Waals surface area (Å²) in [7, 11) is -3.79. The molecule has 1 aromatic rings. The second-order valence-electron chi connectivity index (χ2n) is 3.82. The highest BCUT2D eigenvalue weighted by Crippen LogP contribution is 2.32. The Bertz CT molecular complexity index is 585. The second kappa shape index (κ2) is 4.34. The molecule has 1 saturated heterocycles. The summed E-state index contributed by atoms with van der Waals surface area (Å²) in [5.41, 5.74) is 5.73. The largest absolute Gasteiger partial charge is 0.382 e. The predicted molar refractivity (Wildman–Crippen MR) is 65.3 cm³/mol. The summed E-state index contributed by atoms with van der Waals surface area (Å²) in [5, 5.41) is 4.04. The Morgan fingerprint density at radius 1 is 1.44 bits per heavy atom. The Morgan fingerprint density at radius 2 is 2.11 bits per heavy atom. The van der Waals surface area contributed by atoms with E-state index in [1.165, 1.54) is 0 Å². The number of sulfonamides is 1. The van der Waals surface area contributed by atoms with Gasteiger partial charge in [-0.25, -0.2) is 23.5 Å². The lowest BCUT2D eigenvalue weighted by molar-refractivity contribution is -0.117. The molecule has 8 nitrogen and oxygen atoms in total. The normalized spacial score (nSPS) is 20.4. The van der Waals surface area contributed by atoms with Gasteiger partial charge >= 0.3 is 0 Å². The zero-order valence-electron chi connectivity index (χ0n) is 9.08. The van der Waals surface area contributed by atoms with Crippen molar-refractivity contribution >= 4 is 39.0 Å². The van der Waals surface area contributed by atoms with Gasteiger partial charge in [-0.3, -0.25) is 4.79 Å². The number of carbonyl (C=O) groups excluding carboxylic acids is 1. The fraction of sp³-hybridized carbons (Fsp3) is 0.375. The maximum absolute atomic E-state index is 11.8. The summed E-state index contributed by atoms with van der Waals surface area (Å²) in [5.74, 6) is -0.421. The van der Waals surface area contributed by atoms with Crippen LogP contribution in [0.2, 0.25) is 5.15 Å². The van der Waals surface area contributed by atoms with Crippen LogP contribution in [-0.4, -0.2) is 36.1 Å². The first kappa shape index (κ1) is 13.0. The fourth-order valence-electron chi connectivity index (χ4n) is 1.73. The molecule has 18 heavy (non-hydrogen) atoms.